The van der Waals surface area contributed by atoms with Gasteiger partial charge >= 0.3 is 0 Å². The van der Waals surface area contributed by atoms with Crippen LogP contribution in [-0.2, 0) is 4.79 Å². The molecule has 1 unspecified atom stereocenters. The Morgan fingerprint density at radius 2 is 1.87 bits per heavy atom. The molecule has 4 aliphatic carbocycles. The minimum absolute atomic E-state index is 0.220. The third-order valence-electron chi connectivity index (χ3n) is 12.6. The summed E-state index contributed by atoms with van der Waals surface area (Å²) in [6, 6.07) is 0. The van der Waals surface area contributed by atoms with Crippen molar-refractivity contribution in [1.82, 2.24) is 10.2 Å². The molecule has 0 aliphatic heterocycles. The molecule has 3 saturated carbocycles. The van der Waals surface area contributed by atoms with E-state index in [1.807, 2.05) is 4.90 Å². The van der Waals surface area contributed by atoms with Crippen molar-refractivity contribution in [3.05, 3.63) is 23.8 Å². The number of likely N-dealkylation sites (N-methyl/N-ethyl adjacent to an activating group) is 2. The van der Waals surface area contributed by atoms with Crippen LogP contribution in [-0.4, -0.2) is 49.2 Å². The summed E-state index contributed by atoms with van der Waals surface area (Å²) in [5.74, 6) is 2.25. The number of hydrogen-bond donors (Lipinski definition) is 1. The zero-order chi connectivity index (χ0) is 28.5. The van der Waals surface area contributed by atoms with Crippen molar-refractivity contribution in [3.8, 4) is 0 Å². The standard InChI is InChI=1S/C35H59N3O/c1-9-17-35-21-14-29(27(5)37-22-16-31(39)38(11-3)24-23-36-10-2)33(35,7)20-15-30-32(6)18-12-26(4)25-28(32)13-19-34(30,35)8/h9,17,25-26,29-30,36H,10-16,18-24H2,1-8H3/b17-9+,37-27?/t26-,29-,30-,32+,33-,34-,35?/m1/s1. The third kappa shape index (κ3) is 4.99. The van der Waals surface area contributed by atoms with Crippen molar-refractivity contribution in [3.63, 3.8) is 0 Å². The summed E-state index contributed by atoms with van der Waals surface area (Å²) >= 11 is 0. The minimum Gasteiger partial charge on any atom is -0.342 e. The van der Waals surface area contributed by atoms with Gasteiger partial charge in [-0.25, -0.2) is 0 Å². The van der Waals surface area contributed by atoms with Crippen molar-refractivity contribution < 1.29 is 4.79 Å². The van der Waals surface area contributed by atoms with Gasteiger partial charge in [0.15, 0.2) is 0 Å². The monoisotopic (exact) mass is 537 g/mol. The Kier molecular flexibility index (Phi) is 9.26. The number of fused-ring (bicyclic) bond motifs is 5. The van der Waals surface area contributed by atoms with Gasteiger partial charge in [0.05, 0.1) is 0 Å². The topological polar surface area (TPSA) is 44.7 Å². The van der Waals surface area contributed by atoms with Gasteiger partial charge in [0, 0.05) is 44.2 Å². The molecule has 3 fully saturated rings. The van der Waals surface area contributed by atoms with Crippen molar-refractivity contribution >= 4 is 11.6 Å². The Morgan fingerprint density at radius 1 is 1.10 bits per heavy atom. The van der Waals surface area contributed by atoms with Crippen LogP contribution in [0.4, 0.5) is 0 Å². The minimum atomic E-state index is 0.220. The fourth-order valence-electron chi connectivity index (χ4n) is 10.4. The molecular formula is C35H59N3O. The second-order valence-corrected chi connectivity index (χ2v) is 14.2. The molecule has 0 bridgehead atoms. The van der Waals surface area contributed by atoms with Crippen LogP contribution < -0.4 is 5.32 Å². The normalized spacial score (nSPS) is 40.2. The van der Waals surface area contributed by atoms with Gasteiger partial charge in [-0.05, 0) is 112 Å². The van der Waals surface area contributed by atoms with E-state index in [0.29, 0.717) is 29.7 Å². The molecule has 0 radical (unpaired) electrons. The van der Waals surface area contributed by atoms with Crippen LogP contribution in [0, 0.1) is 39.4 Å². The van der Waals surface area contributed by atoms with E-state index >= 15 is 0 Å². The molecule has 39 heavy (non-hydrogen) atoms. The number of carbonyl (C=O) groups is 1. The molecule has 220 valence electrons. The maximum atomic E-state index is 12.9. The lowest BCUT2D eigenvalue weighted by Crippen LogP contribution is -2.62. The number of nitrogens with zero attached hydrogens (tertiary/aromatic N) is 2. The van der Waals surface area contributed by atoms with Crippen molar-refractivity contribution in [2.75, 3.05) is 32.7 Å². The SMILES string of the molecule is C/C=C/C12CC[C@H](C(C)=NCCC(=O)N(CC)CCNCC)[C@@]1(C)CC[C@@H]1[C@@]3(C)CC[C@@H](C)C=C3CC[C@]12C. The molecule has 1 N–H and O–H groups in total. The summed E-state index contributed by atoms with van der Waals surface area (Å²) in [7, 11) is 0. The summed E-state index contributed by atoms with van der Waals surface area (Å²) in [5, 5.41) is 3.34. The Hall–Kier alpha value is -1.42. The van der Waals surface area contributed by atoms with E-state index in [0.717, 1.165) is 38.0 Å². The van der Waals surface area contributed by atoms with Crippen LogP contribution in [0.15, 0.2) is 28.8 Å². The van der Waals surface area contributed by atoms with Gasteiger partial charge in [0.2, 0.25) is 5.91 Å². The predicted molar refractivity (Wildman–Crippen MR) is 166 cm³/mol. The lowest BCUT2D eigenvalue weighted by Gasteiger charge is -2.69. The molecule has 4 aliphatic rings. The van der Waals surface area contributed by atoms with E-state index in [1.54, 1.807) is 5.57 Å². The van der Waals surface area contributed by atoms with Gasteiger partial charge in [-0.3, -0.25) is 9.79 Å². The third-order valence-corrected chi connectivity index (χ3v) is 12.6. The lowest BCUT2D eigenvalue weighted by molar-refractivity contribution is -0.154. The summed E-state index contributed by atoms with van der Waals surface area (Å²) in [4.78, 5) is 20.0. The molecule has 7 atom stereocenters. The molecule has 0 aromatic heterocycles. The summed E-state index contributed by atoms with van der Waals surface area (Å²) in [5.41, 5.74) is 4.21. The summed E-state index contributed by atoms with van der Waals surface area (Å²) in [6.07, 6.45) is 18.7. The first-order valence-electron chi connectivity index (χ1n) is 16.4. The number of allylic oxidation sites excluding steroid dienone is 4. The fraction of sp³-hybridized carbons (Fsp3) is 0.829. The first-order valence-corrected chi connectivity index (χ1v) is 16.4. The molecule has 4 nitrogen and oxygen atoms in total. The summed E-state index contributed by atoms with van der Waals surface area (Å²) < 4.78 is 0. The largest absolute Gasteiger partial charge is 0.342 e. The molecular weight excluding hydrogens is 478 g/mol. The molecule has 0 spiro atoms. The van der Waals surface area contributed by atoms with E-state index in [2.05, 4.69) is 78.9 Å². The van der Waals surface area contributed by atoms with Crippen molar-refractivity contribution in [2.45, 2.75) is 113 Å². The van der Waals surface area contributed by atoms with E-state index < -0.39 is 0 Å². The van der Waals surface area contributed by atoms with Crippen LogP contribution in [0.1, 0.15) is 113 Å². The number of nitrogens with one attached hydrogen (secondary N) is 1. The van der Waals surface area contributed by atoms with E-state index in [-0.39, 0.29) is 16.7 Å². The highest BCUT2D eigenvalue weighted by atomic mass is 16.2. The first kappa shape index (κ1) is 30.5. The van der Waals surface area contributed by atoms with Gasteiger partial charge in [0.1, 0.15) is 0 Å². The van der Waals surface area contributed by atoms with Gasteiger partial charge < -0.3 is 10.2 Å². The van der Waals surface area contributed by atoms with Crippen LogP contribution in [0.2, 0.25) is 0 Å². The van der Waals surface area contributed by atoms with E-state index in [9.17, 15) is 4.79 Å². The molecule has 1 amide bonds. The Labute approximate surface area is 240 Å². The van der Waals surface area contributed by atoms with Crippen LogP contribution in [0.5, 0.6) is 0 Å². The molecule has 0 aromatic carbocycles. The second-order valence-electron chi connectivity index (χ2n) is 14.2. The average molecular weight is 538 g/mol. The number of rotatable bonds is 10. The van der Waals surface area contributed by atoms with Gasteiger partial charge in [-0.15, -0.1) is 0 Å². The Bertz CT molecular complexity index is 982. The van der Waals surface area contributed by atoms with Gasteiger partial charge in [-0.1, -0.05) is 58.4 Å². The molecule has 0 heterocycles. The maximum Gasteiger partial charge on any atom is 0.224 e. The number of amides is 1. The number of carbonyl (C=O) groups excluding carboxylic acids is 1. The van der Waals surface area contributed by atoms with Crippen LogP contribution in [0.3, 0.4) is 0 Å². The fourth-order valence-corrected chi connectivity index (χ4v) is 10.4. The molecule has 4 heteroatoms. The Balaban J connectivity index is 1.55. The quantitative estimate of drug-likeness (QED) is 0.175. The Morgan fingerprint density at radius 3 is 2.56 bits per heavy atom. The van der Waals surface area contributed by atoms with Crippen molar-refractivity contribution in [1.29, 1.82) is 0 Å². The number of hydrogen-bond acceptors (Lipinski definition) is 3. The first-order chi connectivity index (χ1) is 18.5. The zero-order valence-corrected chi connectivity index (χ0v) is 26.7. The van der Waals surface area contributed by atoms with Crippen molar-refractivity contribution in [2.24, 2.45) is 44.4 Å². The molecule has 0 aromatic rings. The van der Waals surface area contributed by atoms with Gasteiger partial charge in [-0.2, -0.15) is 0 Å². The van der Waals surface area contributed by atoms with Gasteiger partial charge in [0.25, 0.3) is 0 Å². The highest BCUT2D eigenvalue weighted by Gasteiger charge is 2.70. The van der Waals surface area contributed by atoms with Crippen LogP contribution in [0.25, 0.3) is 0 Å². The van der Waals surface area contributed by atoms with Crippen LogP contribution >= 0.6 is 0 Å². The highest BCUT2D eigenvalue weighted by Crippen LogP contribution is 2.77. The zero-order valence-electron chi connectivity index (χ0n) is 26.7. The van der Waals surface area contributed by atoms with E-state index in [4.69, 9.17) is 4.99 Å². The lowest BCUT2D eigenvalue weighted by atomic mass is 9.35. The smallest absolute Gasteiger partial charge is 0.224 e. The second kappa shape index (κ2) is 11.8. The maximum absolute atomic E-state index is 12.9. The highest BCUT2D eigenvalue weighted by molar-refractivity contribution is 5.86. The molecule has 4 rings (SSSR count). The average Bonchev–Trinajstić information content (AvgIpc) is 3.21. The van der Waals surface area contributed by atoms with E-state index in [1.165, 1.54) is 57.1 Å². The summed E-state index contributed by atoms with van der Waals surface area (Å²) in [6.45, 7) is 23.0. The molecule has 0 saturated heterocycles. The predicted octanol–water partition coefficient (Wildman–Crippen LogP) is 7.85. The number of aliphatic imine (C=N–C) groups is 1.